The third-order valence-corrected chi connectivity index (χ3v) is 3.70. The minimum atomic E-state index is 0.565. The second kappa shape index (κ2) is 5.85. The zero-order chi connectivity index (χ0) is 14.8. The standard InChI is InChI=1S/C15H18ClN5/c1-11-3-4-13-15(18-11)21(14(19-13)5-7-16)8-6-12-9-17-20(2)10-12/h3-4,9-10H,5-8H2,1-2H3. The molecule has 0 atom stereocenters. The van der Waals surface area contributed by atoms with Gasteiger partial charge in [0.1, 0.15) is 11.3 Å². The maximum atomic E-state index is 5.90. The first kappa shape index (κ1) is 14.1. The molecule has 0 amide bonds. The van der Waals surface area contributed by atoms with Crippen LogP contribution in [0, 0.1) is 6.92 Å². The second-order valence-electron chi connectivity index (χ2n) is 5.19. The number of hydrogen-bond donors (Lipinski definition) is 0. The number of fused-ring (bicyclic) bond motifs is 1. The van der Waals surface area contributed by atoms with Crippen LogP contribution in [0.5, 0.6) is 0 Å². The van der Waals surface area contributed by atoms with Crippen molar-refractivity contribution in [2.45, 2.75) is 26.3 Å². The Morgan fingerprint density at radius 2 is 2.05 bits per heavy atom. The summed E-state index contributed by atoms with van der Waals surface area (Å²) in [5, 5.41) is 4.21. The van der Waals surface area contributed by atoms with Gasteiger partial charge in [-0.05, 0) is 31.0 Å². The van der Waals surface area contributed by atoms with E-state index in [9.17, 15) is 0 Å². The van der Waals surface area contributed by atoms with Crippen molar-refractivity contribution in [3.8, 4) is 0 Å². The Hall–Kier alpha value is -1.88. The van der Waals surface area contributed by atoms with E-state index in [1.807, 2.05) is 43.2 Å². The molecule has 0 fully saturated rings. The normalized spacial score (nSPS) is 11.4. The number of nitrogens with zero attached hydrogens (tertiary/aromatic N) is 5. The Balaban J connectivity index is 1.94. The van der Waals surface area contributed by atoms with Crippen molar-refractivity contribution in [1.29, 1.82) is 0 Å². The Labute approximate surface area is 128 Å². The van der Waals surface area contributed by atoms with Crippen molar-refractivity contribution in [1.82, 2.24) is 24.3 Å². The van der Waals surface area contributed by atoms with Crippen LogP contribution in [-0.2, 0) is 26.4 Å². The maximum Gasteiger partial charge on any atom is 0.160 e. The first-order chi connectivity index (χ1) is 10.2. The molecule has 0 radical (unpaired) electrons. The molecule has 0 N–H and O–H groups in total. The molecule has 0 aliphatic heterocycles. The Morgan fingerprint density at radius 1 is 1.19 bits per heavy atom. The molecular weight excluding hydrogens is 286 g/mol. The molecule has 110 valence electrons. The predicted octanol–water partition coefficient (Wildman–Crippen LogP) is 2.50. The summed E-state index contributed by atoms with van der Waals surface area (Å²) < 4.78 is 4.00. The van der Waals surface area contributed by atoms with Gasteiger partial charge in [-0.3, -0.25) is 4.68 Å². The molecule has 0 spiro atoms. The van der Waals surface area contributed by atoms with Crippen LogP contribution in [0.2, 0.25) is 0 Å². The van der Waals surface area contributed by atoms with Gasteiger partial charge in [0, 0.05) is 37.8 Å². The summed E-state index contributed by atoms with van der Waals surface area (Å²) in [7, 11) is 1.93. The zero-order valence-corrected chi connectivity index (χ0v) is 13.0. The molecule has 3 aromatic rings. The van der Waals surface area contributed by atoms with E-state index >= 15 is 0 Å². The smallest absolute Gasteiger partial charge is 0.160 e. The highest BCUT2D eigenvalue weighted by atomic mass is 35.5. The van der Waals surface area contributed by atoms with Crippen molar-refractivity contribution in [3.05, 3.63) is 41.6 Å². The van der Waals surface area contributed by atoms with Gasteiger partial charge in [-0.1, -0.05) is 0 Å². The lowest BCUT2D eigenvalue weighted by Gasteiger charge is -2.07. The van der Waals surface area contributed by atoms with Gasteiger partial charge in [0.05, 0.1) is 6.20 Å². The monoisotopic (exact) mass is 303 g/mol. The summed E-state index contributed by atoms with van der Waals surface area (Å²) in [6.07, 6.45) is 5.60. The van der Waals surface area contributed by atoms with E-state index in [0.717, 1.165) is 42.1 Å². The number of pyridine rings is 1. The van der Waals surface area contributed by atoms with Crippen molar-refractivity contribution >= 4 is 22.8 Å². The molecule has 5 nitrogen and oxygen atoms in total. The van der Waals surface area contributed by atoms with E-state index in [4.69, 9.17) is 11.6 Å². The fourth-order valence-electron chi connectivity index (χ4n) is 2.50. The lowest BCUT2D eigenvalue weighted by Crippen LogP contribution is -2.07. The maximum absolute atomic E-state index is 5.90. The first-order valence-electron chi connectivity index (χ1n) is 7.03. The van der Waals surface area contributed by atoms with Crippen molar-refractivity contribution < 1.29 is 0 Å². The second-order valence-corrected chi connectivity index (χ2v) is 5.56. The molecule has 0 saturated heterocycles. The van der Waals surface area contributed by atoms with Gasteiger partial charge >= 0.3 is 0 Å². The minimum absolute atomic E-state index is 0.565. The van der Waals surface area contributed by atoms with Gasteiger partial charge in [0.15, 0.2) is 5.65 Å². The number of halogens is 1. The van der Waals surface area contributed by atoms with Crippen LogP contribution in [0.4, 0.5) is 0 Å². The van der Waals surface area contributed by atoms with E-state index in [1.54, 1.807) is 0 Å². The summed E-state index contributed by atoms with van der Waals surface area (Å²) in [5.74, 6) is 1.57. The number of aromatic nitrogens is 5. The summed E-state index contributed by atoms with van der Waals surface area (Å²) in [6.45, 7) is 2.84. The molecule has 0 unspecified atom stereocenters. The highest BCUT2D eigenvalue weighted by Gasteiger charge is 2.12. The summed E-state index contributed by atoms with van der Waals surface area (Å²) >= 11 is 5.90. The molecule has 3 rings (SSSR count). The van der Waals surface area contributed by atoms with Gasteiger partial charge < -0.3 is 4.57 Å². The van der Waals surface area contributed by atoms with Crippen molar-refractivity contribution in [2.75, 3.05) is 5.88 Å². The van der Waals surface area contributed by atoms with Gasteiger partial charge in [-0.25, -0.2) is 9.97 Å². The fourth-order valence-corrected chi connectivity index (χ4v) is 2.66. The van der Waals surface area contributed by atoms with Crippen molar-refractivity contribution in [2.24, 2.45) is 7.05 Å². The van der Waals surface area contributed by atoms with E-state index in [0.29, 0.717) is 5.88 Å². The molecule has 3 heterocycles. The molecule has 0 aliphatic rings. The van der Waals surface area contributed by atoms with Gasteiger partial charge in [0.2, 0.25) is 0 Å². The number of aryl methyl sites for hydroxylation is 5. The number of hydrogen-bond acceptors (Lipinski definition) is 3. The molecule has 0 aliphatic carbocycles. The Morgan fingerprint density at radius 3 is 2.76 bits per heavy atom. The van der Waals surface area contributed by atoms with Crippen LogP contribution in [-0.4, -0.2) is 30.2 Å². The minimum Gasteiger partial charge on any atom is -0.312 e. The molecule has 21 heavy (non-hydrogen) atoms. The molecule has 6 heteroatoms. The van der Waals surface area contributed by atoms with Gasteiger partial charge in [0.25, 0.3) is 0 Å². The third kappa shape index (κ3) is 2.93. The Kier molecular flexibility index (Phi) is 3.92. The summed E-state index contributed by atoms with van der Waals surface area (Å²) in [5.41, 5.74) is 4.09. The zero-order valence-electron chi connectivity index (χ0n) is 12.3. The number of imidazole rings is 1. The largest absolute Gasteiger partial charge is 0.312 e. The van der Waals surface area contributed by atoms with Crippen LogP contribution in [0.3, 0.4) is 0 Å². The van der Waals surface area contributed by atoms with Gasteiger partial charge in [-0.2, -0.15) is 5.10 Å². The van der Waals surface area contributed by atoms with Crippen LogP contribution in [0.15, 0.2) is 24.5 Å². The molecular formula is C15H18ClN5. The highest BCUT2D eigenvalue weighted by molar-refractivity contribution is 6.17. The van der Waals surface area contributed by atoms with E-state index in [1.165, 1.54) is 5.56 Å². The molecule has 3 aromatic heterocycles. The van der Waals surface area contributed by atoms with Gasteiger partial charge in [-0.15, -0.1) is 11.6 Å². The summed E-state index contributed by atoms with van der Waals surface area (Å²) in [6, 6.07) is 4.02. The Bertz CT molecular complexity index is 759. The fraction of sp³-hybridized carbons (Fsp3) is 0.400. The predicted molar refractivity (Wildman–Crippen MR) is 83.6 cm³/mol. The van der Waals surface area contributed by atoms with Crippen LogP contribution in [0.1, 0.15) is 17.1 Å². The van der Waals surface area contributed by atoms with Crippen molar-refractivity contribution in [3.63, 3.8) is 0 Å². The topological polar surface area (TPSA) is 48.5 Å². The summed E-state index contributed by atoms with van der Waals surface area (Å²) in [4.78, 5) is 9.29. The average Bonchev–Trinajstić information content (AvgIpc) is 3.01. The lowest BCUT2D eigenvalue weighted by molar-refractivity contribution is 0.668. The SMILES string of the molecule is Cc1ccc2nc(CCCl)n(CCc3cnn(C)c3)c2n1. The van der Waals surface area contributed by atoms with Crippen LogP contribution in [0.25, 0.3) is 11.2 Å². The molecule has 0 saturated carbocycles. The van der Waals surface area contributed by atoms with E-state index < -0.39 is 0 Å². The quantitative estimate of drug-likeness (QED) is 0.680. The first-order valence-corrected chi connectivity index (χ1v) is 7.57. The lowest BCUT2D eigenvalue weighted by atomic mass is 10.2. The molecule has 0 aromatic carbocycles. The van der Waals surface area contributed by atoms with Crippen LogP contribution < -0.4 is 0 Å². The van der Waals surface area contributed by atoms with Crippen LogP contribution >= 0.6 is 11.6 Å². The molecule has 0 bridgehead atoms. The van der Waals surface area contributed by atoms with E-state index in [2.05, 4.69) is 19.6 Å². The number of alkyl halides is 1. The van der Waals surface area contributed by atoms with E-state index in [-0.39, 0.29) is 0 Å². The third-order valence-electron chi connectivity index (χ3n) is 3.51. The average molecular weight is 304 g/mol. The number of rotatable bonds is 5. The highest BCUT2D eigenvalue weighted by Crippen LogP contribution is 2.17.